The summed E-state index contributed by atoms with van der Waals surface area (Å²) < 4.78 is 25.9. The van der Waals surface area contributed by atoms with Crippen LogP contribution < -0.4 is 4.72 Å². The third-order valence-corrected chi connectivity index (χ3v) is 3.66. The van der Waals surface area contributed by atoms with Gasteiger partial charge in [-0.3, -0.25) is 4.79 Å². The molecule has 1 unspecified atom stereocenters. The molecular formula is C14H19NO4S. The highest BCUT2D eigenvalue weighted by Gasteiger charge is 2.23. The van der Waals surface area contributed by atoms with E-state index in [0.717, 1.165) is 11.0 Å². The molecule has 1 atom stereocenters. The first-order chi connectivity index (χ1) is 9.30. The highest BCUT2D eigenvalue weighted by Crippen LogP contribution is 2.08. The summed E-state index contributed by atoms with van der Waals surface area (Å²) in [5, 5.41) is 10.0. The monoisotopic (exact) mass is 297 g/mol. The number of benzene rings is 1. The van der Waals surface area contributed by atoms with Gasteiger partial charge in [0.05, 0.1) is 0 Å². The van der Waals surface area contributed by atoms with Crippen molar-refractivity contribution in [3.05, 3.63) is 41.3 Å². The number of rotatable bonds is 7. The zero-order chi connectivity index (χ0) is 15.2. The highest BCUT2D eigenvalue weighted by molar-refractivity contribution is 7.92. The number of carboxylic acids is 1. The molecule has 6 heteroatoms. The number of sulfonamides is 1. The van der Waals surface area contributed by atoms with Crippen LogP contribution in [-0.4, -0.2) is 25.5 Å². The lowest BCUT2D eigenvalue weighted by Crippen LogP contribution is -2.40. The largest absolute Gasteiger partial charge is 0.480 e. The van der Waals surface area contributed by atoms with Crippen LogP contribution in [0.5, 0.6) is 0 Å². The van der Waals surface area contributed by atoms with Gasteiger partial charge in [0.15, 0.2) is 0 Å². The van der Waals surface area contributed by atoms with Crippen LogP contribution >= 0.6 is 0 Å². The van der Waals surface area contributed by atoms with Gasteiger partial charge in [-0.25, -0.2) is 8.42 Å². The van der Waals surface area contributed by atoms with Gasteiger partial charge in [0.1, 0.15) is 6.04 Å². The number of carboxylic acid groups (broad SMARTS) is 1. The van der Waals surface area contributed by atoms with Gasteiger partial charge in [-0.2, -0.15) is 4.72 Å². The minimum atomic E-state index is -3.78. The van der Waals surface area contributed by atoms with Gasteiger partial charge in [0.2, 0.25) is 10.0 Å². The van der Waals surface area contributed by atoms with E-state index in [9.17, 15) is 13.2 Å². The topological polar surface area (TPSA) is 83.5 Å². The fourth-order valence-electron chi connectivity index (χ4n) is 1.64. The van der Waals surface area contributed by atoms with Crippen molar-refractivity contribution < 1.29 is 18.3 Å². The van der Waals surface area contributed by atoms with E-state index < -0.39 is 22.0 Å². The van der Waals surface area contributed by atoms with Gasteiger partial charge in [-0.15, -0.1) is 0 Å². The first kappa shape index (κ1) is 16.4. The van der Waals surface area contributed by atoms with Gasteiger partial charge >= 0.3 is 5.97 Å². The molecule has 0 fully saturated rings. The van der Waals surface area contributed by atoms with Crippen LogP contribution in [0.3, 0.4) is 0 Å². The number of carbonyl (C=O) groups is 1. The first-order valence-electron chi connectivity index (χ1n) is 6.28. The normalized spacial score (nSPS) is 13.8. The maximum absolute atomic E-state index is 11.8. The van der Waals surface area contributed by atoms with Crippen molar-refractivity contribution in [2.75, 3.05) is 0 Å². The van der Waals surface area contributed by atoms with E-state index in [4.69, 9.17) is 5.11 Å². The van der Waals surface area contributed by atoms with Crippen LogP contribution in [0.1, 0.15) is 25.8 Å². The second kappa shape index (κ2) is 7.21. The summed E-state index contributed by atoms with van der Waals surface area (Å²) in [6.45, 7) is 3.67. The van der Waals surface area contributed by atoms with Gasteiger partial charge < -0.3 is 5.11 Å². The summed E-state index contributed by atoms with van der Waals surface area (Å²) >= 11 is 0. The Labute approximate surface area is 119 Å². The molecule has 1 aromatic rings. The van der Waals surface area contributed by atoms with Gasteiger partial charge in [0, 0.05) is 5.41 Å². The van der Waals surface area contributed by atoms with Crippen molar-refractivity contribution in [1.82, 2.24) is 4.72 Å². The summed E-state index contributed by atoms with van der Waals surface area (Å²) in [5.41, 5.74) is 0.730. The number of hydrogen-bond donors (Lipinski definition) is 2. The van der Waals surface area contributed by atoms with E-state index in [1.54, 1.807) is 24.3 Å². The van der Waals surface area contributed by atoms with Crippen molar-refractivity contribution in [2.24, 2.45) is 5.92 Å². The SMILES string of the molecule is CC(C)CC(NS(=O)(=O)/C=C/c1ccccc1)C(=O)O. The van der Waals surface area contributed by atoms with Crippen LogP contribution in [-0.2, 0) is 14.8 Å². The molecule has 0 saturated heterocycles. The van der Waals surface area contributed by atoms with Crippen molar-refractivity contribution in [3.63, 3.8) is 0 Å². The lowest BCUT2D eigenvalue weighted by molar-refractivity contribution is -0.139. The zero-order valence-corrected chi connectivity index (χ0v) is 12.3. The van der Waals surface area contributed by atoms with E-state index in [-0.39, 0.29) is 12.3 Å². The predicted molar refractivity (Wildman–Crippen MR) is 78.4 cm³/mol. The van der Waals surface area contributed by atoms with Crippen LogP contribution in [0, 0.1) is 5.92 Å². The lowest BCUT2D eigenvalue weighted by Gasteiger charge is -2.15. The van der Waals surface area contributed by atoms with E-state index in [2.05, 4.69) is 4.72 Å². The zero-order valence-electron chi connectivity index (χ0n) is 11.5. The van der Waals surface area contributed by atoms with Gasteiger partial charge in [-0.1, -0.05) is 44.2 Å². The van der Waals surface area contributed by atoms with E-state index in [0.29, 0.717) is 0 Å². The van der Waals surface area contributed by atoms with Crippen LogP contribution in [0.4, 0.5) is 0 Å². The Morgan fingerprint density at radius 1 is 1.30 bits per heavy atom. The standard InChI is InChI=1S/C14H19NO4S/c1-11(2)10-13(14(16)17)15-20(18,19)9-8-12-6-4-3-5-7-12/h3-9,11,13,15H,10H2,1-2H3,(H,16,17)/b9-8+. The smallest absolute Gasteiger partial charge is 0.321 e. The summed E-state index contributed by atoms with van der Waals surface area (Å²) in [6.07, 6.45) is 1.67. The van der Waals surface area contributed by atoms with Gasteiger partial charge in [-0.05, 0) is 24.0 Å². The molecular weight excluding hydrogens is 278 g/mol. The second-order valence-electron chi connectivity index (χ2n) is 4.90. The average molecular weight is 297 g/mol. The minimum Gasteiger partial charge on any atom is -0.480 e. The summed E-state index contributed by atoms with van der Waals surface area (Å²) in [5.74, 6) is -1.09. The molecule has 0 saturated carbocycles. The van der Waals surface area contributed by atoms with Gasteiger partial charge in [0.25, 0.3) is 0 Å². The quantitative estimate of drug-likeness (QED) is 0.807. The van der Waals surface area contributed by atoms with Crippen LogP contribution in [0.25, 0.3) is 6.08 Å². The third-order valence-electron chi connectivity index (χ3n) is 2.55. The van der Waals surface area contributed by atoms with Crippen molar-refractivity contribution in [3.8, 4) is 0 Å². The number of aliphatic carboxylic acids is 1. The molecule has 1 aromatic carbocycles. The molecule has 0 radical (unpaired) electrons. The molecule has 20 heavy (non-hydrogen) atoms. The van der Waals surface area contributed by atoms with Crippen molar-refractivity contribution >= 4 is 22.1 Å². The lowest BCUT2D eigenvalue weighted by atomic mass is 10.1. The molecule has 110 valence electrons. The summed E-state index contributed by atoms with van der Waals surface area (Å²) in [6, 6.07) is 7.81. The maximum Gasteiger partial charge on any atom is 0.321 e. The van der Waals surface area contributed by atoms with Crippen molar-refractivity contribution in [2.45, 2.75) is 26.3 Å². The molecule has 0 aliphatic heterocycles. The highest BCUT2D eigenvalue weighted by atomic mass is 32.2. The molecule has 5 nitrogen and oxygen atoms in total. The van der Waals surface area contributed by atoms with E-state index >= 15 is 0 Å². The van der Waals surface area contributed by atoms with Crippen LogP contribution in [0.15, 0.2) is 35.7 Å². The van der Waals surface area contributed by atoms with Crippen molar-refractivity contribution in [1.29, 1.82) is 0 Å². The fraction of sp³-hybridized carbons (Fsp3) is 0.357. The van der Waals surface area contributed by atoms with E-state index in [1.807, 2.05) is 19.9 Å². The average Bonchev–Trinajstić information content (AvgIpc) is 2.36. The first-order valence-corrected chi connectivity index (χ1v) is 7.83. The second-order valence-corrected chi connectivity index (χ2v) is 6.49. The van der Waals surface area contributed by atoms with Crippen LogP contribution in [0.2, 0.25) is 0 Å². The molecule has 2 N–H and O–H groups in total. The third kappa shape index (κ3) is 5.99. The Hall–Kier alpha value is -1.66. The number of nitrogens with one attached hydrogen (secondary N) is 1. The molecule has 0 spiro atoms. The Bertz CT molecular complexity index is 564. The summed E-state index contributed by atoms with van der Waals surface area (Å²) in [4.78, 5) is 11.0. The molecule has 0 heterocycles. The Morgan fingerprint density at radius 3 is 2.40 bits per heavy atom. The molecule has 0 bridgehead atoms. The maximum atomic E-state index is 11.8. The minimum absolute atomic E-state index is 0.0805. The fourth-order valence-corrected chi connectivity index (χ4v) is 2.65. The Morgan fingerprint density at radius 2 is 1.90 bits per heavy atom. The molecule has 0 aliphatic rings. The number of hydrogen-bond acceptors (Lipinski definition) is 3. The molecule has 0 amide bonds. The Kier molecular flexibility index (Phi) is 5.91. The predicted octanol–water partition coefficient (Wildman–Crippen LogP) is 2.08. The molecule has 0 aliphatic carbocycles. The molecule has 0 aromatic heterocycles. The molecule has 1 rings (SSSR count). The van der Waals surface area contributed by atoms with E-state index in [1.165, 1.54) is 6.08 Å². The Balaban J connectivity index is 2.78. The summed E-state index contributed by atoms with van der Waals surface area (Å²) in [7, 11) is -3.78.